The molecule has 0 saturated carbocycles. The standard InChI is InChI=1S/C15H25BrN4/c1-3-20-14(15(16)12(2)17-20)11-18-7-5-9-19-8-4-6-13(19)10-18/h13H,3-11H2,1-2H3. The van der Waals surface area contributed by atoms with Crippen LogP contribution in [-0.2, 0) is 13.1 Å². The van der Waals surface area contributed by atoms with Crippen molar-refractivity contribution < 1.29 is 0 Å². The first-order chi connectivity index (χ1) is 9.69. The number of aromatic nitrogens is 2. The van der Waals surface area contributed by atoms with Gasteiger partial charge in [-0.1, -0.05) is 0 Å². The molecule has 0 aromatic carbocycles. The normalized spacial score (nSPS) is 24.9. The maximum Gasteiger partial charge on any atom is 0.0739 e. The molecular formula is C15H25BrN4. The predicted molar refractivity (Wildman–Crippen MR) is 84.8 cm³/mol. The Morgan fingerprint density at radius 2 is 2.05 bits per heavy atom. The predicted octanol–water partition coefficient (Wildman–Crippen LogP) is 2.64. The molecule has 1 aromatic heterocycles. The molecule has 2 aliphatic heterocycles. The zero-order valence-corrected chi connectivity index (χ0v) is 14.2. The number of aryl methyl sites for hydroxylation is 2. The molecule has 3 heterocycles. The molecule has 0 amide bonds. The number of fused-ring (bicyclic) bond motifs is 1. The van der Waals surface area contributed by atoms with E-state index in [1.807, 2.05) is 0 Å². The van der Waals surface area contributed by atoms with Gasteiger partial charge in [-0.2, -0.15) is 5.10 Å². The zero-order valence-electron chi connectivity index (χ0n) is 12.6. The third kappa shape index (κ3) is 2.81. The largest absolute Gasteiger partial charge is 0.299 e. The average Bonchev–Trinajstić information content (AvgIpc) is 2.92. The summed E-state index contributed by atoms with van der Waals surface area (Å²) in [4.78, 5) is 5.32. The summed E-state index contributed by atoms with van der Waals surface area (Å²) in [5.74, 6) is 0. The van der Waals surface area contributed by atoms with Crippen molar-refractivity contribution in [3.05, 3.63) is 15.9 Å². The van der Waals surface area contributed by atoms with Crippen LogP contribution in [0.25, 0.3) is 0 Å². The second-order valence-electron chi connectivity index (χ2n) is 6.08. The van der Waals surface area contributed by atoms with Gasteiger partial charge in [-0.15, -0.1) is 0 Å². The Morgan fingerprint density at radius 3 is 2.85 bits per heavy atom. The highest BCUT2D eigenvalue weighted by atomic mass is 79.9. The minimum atomic E-state index is 0.787. The van der Waals surface area contributed by atoms with Gasteiger partial charge in [-0.3, -0.25) is 14.5 Å². The smallest absolute Gasteiger partial charge is 0.0739 e. The van der Waals surface area contributed by atoms with Gasteiger partial charge in [0.2, 0.25) is 0 Å². The van der Waals surface area contributed by atoms with Crippen molar-refractivity contribution in [2.75, 3.05) is 26.2 Å². The van der Waals surface area contributed by atoms with E-state index < -0.39 is 0 Å². The van der Waals surface area contributed by atoms with E-state index in [0.717, 1.165) is 24.8 Å². The summed E-state index contributed by atoms with van der Waals surface area (Å²) in [6.45, 7) is 11.3. The van der Waals surface area contributed by atoms with Gasteiger partial charge in [0, 0.05) is 25.7 Å². The van der Waals surface area contributed by atoms with E-state index in [-0.39, 0.29) is 0 Å². The fraction of sp³-hybridized carbons (Fsp3) is 0.800. The molecule has 3 rings (SSSR count). The number of hydrogen-bond donors (Lipinski definition) is 0. The van der Waals surface area contributed by atoms with E-state index in [4.69, 9.17) is 0 Å². The highest BCUT2D eigenvalue weighted by Crippen LogP contribution is 2.26. The Labute approximate surface area is 130 Å². The van der Waals surface area contributed by atoms with Gasteiger partial charge in [0.05, 0.1) is 15.9 Å². The summed E-state index contributed by atoms with van der Waals surface area (Å²) >= 11 is 3.72. The van der Waals surface area contributed by atoms with E-state index in [9.17, 15) is 0 Å². The first kappa shape index (κ1) is 14.5. The molecule has 2 fully saturated rings. The summed E-state index contributed by atoms with van der Waals surface area (Å²) in [5, 5.41) is 4.62. The number of hydrogen-bond acceptors (Lipinski definition) is 3. The Morgan fingerprint density at radius 1 is 1.25 bits per heavy atom. The molecular weight excluding hydrogens is 316 g/mol. The van der Waals surface area contributed by atoms with Crippen LogP contribution in [0.5, 0.6) is 0 Å². The summed E-state index contributed by atoms with van der Waals surface area (Å²) in [6.07, 6.45) is 4.06. The van der Waals surface area contributed by atoms with Crippen molar-refractivity contribution in [3.63, 3.8) is 0 Å². The summed E-state index contributed by atoms with van der Waals surface area (Å²) in [7, 11) is 0. The minimum absolute atomic E-state index is 0.787. The molecule has 2 saturated heterocycles. The number of rotatable bonds is 3. The first-order valence-electron chi connectivity index (χ1n) is 7.87. The van der Waals surface area contributed by atoms with Crippen molar-refractivity contribution in [3.8, 4) is 0 Å². The quantitative estimate of drug-likeness (QED) is 0.845. The topological polar surface area (TPSA) is 24.3 Å². The van der Waals surface area contributed by atoms with Gasteiger partial charge in [-0.05, 0) is 68.7 Å². The lowest BCUT2D eigenvalue weighted by molar-refractivity contribution is 0.211. The van der Waals surface area contributed by atoms with E-state index in [1.165, 1.54) is 55.6 Å². The van der Waals surface area contributed by atoms with Gasteiger partial charge in [-0.25, -0.2) is 0 Å². The van der Waals surface area contributed by atoms with E-state index in [2.05, 4.69) is 49.4 Å². The molecule has 1 atom stereocenters. The van der Waals surface area contributed by atoms with Crippen LogP contribution in [0.4, 0.5) is 0 Å². The molecule has 0 aliphatic carbocycles. The average molecular weight is 341 g/mol. The molecule has 4 nitrogen and oxygen atoms in total. The Bertz CT molecular complexity index is 471. The van der Waals surface area contributed by atoms with Crippen LogP contribution in [0.3, 0.4) is 0 Å². The molecule has 2 aliphatic rings. The Balaban J connectivity index is 1.73. The third-order valence-electron chi connectivity index (χ3n) is 4.71. The highest BCUT2D eigenvalue weighted by molar-refractivity contribution is 9.10. The van der Waals surface area contributed by atoms with E-state index >= 15 is 0 Å². The molecule has 20 heavy (non-hydrogen) atoms. The second kappa shape index (κ2) is 6.16. The SMILES string of the molecule is CCn1nc(C)c(Br)c1CN1CCCN2CCCC2C1. The molecule has 0 radical (unpaired) electrons. The van der Waals surface area contributed by atoms with Gasteiger partial charge < -0.3 is 0 Å². The summed E-state index contributed by atoms with van der Waals surface area (Å²) in [6, 6.07) is 0.787. The third-order valence-corrected chi connectivity index (χ3v) is 5.75. The van der Waals surface area contributed by atoms with Crippen LogP contribution in [-0.4, -0.2) is 51.8 Å². The number of nitrogens with zero attached hydrogens (tertiary/aromatic N) is 4. The lowest BCUT2D eigenvalue weighted by Gasteiger charge is -2.25. The van der Waals surface area contributed by atoms with Crippen molar-refractivity contribution >= 4 is 15.9 Å². The fourth-order valence-corrected chi connectivity index (χ4v) is 4.07. The van der Waals surface area contributed by atoms with Crippen LogP contribution in [0, 0.1) is 6.92 Å². The minimum Gasteiger partial charge on any atom is -0.299 e. The lowest BCUT2D eigenvalue weighted by atomic mass is 10.2. The van der Waals surface area contributed by atoms with Gasteiger partial charge >= 0.3 is 0 Å². The number of halogens is 1. The summed E-state index contributed by atoms with van der Waals surface area (Å²) < 4.78 is 3.35. The van der Waals surface area contributed by atoms with Gasteiger partial charge in [0.25, 0.3) is 0 Å². The van der Waals surface area contributed by atoms with E-state index in [1.54, 1.807) is 0 Å². The fourth-order valence-electron chi connectivity index (χ4n) is 3.66. The maximum absolute atomic E-state index is 4.62. The Kier molecular flexibility index (Phi) is 4.48. The lowest BCUT2D eigenvalue weighted by Crippen LogP contribution is -2.36. The van der Waals surface area contributed by atoms with Crippen LogP contribution >= 0.6 is 15.9 Å². The molecule has 0 spiro atoms. The zero-order chi connectivity index (χ0) is 14.1. The molecule has 0 bridgehead atoms. The van der Waals surface area contributed by atoms with Crippen molar-refractivity contribution in [2.45, 2.75) is 52.2 Å². The Hall–Kier alpha value is -0.390. The van der Waals surface area contributed by atoms with Crippen LogP contribution in [0.2, 0.25) is 0 Å². The highest BCUT2D eigenvalue weighted by Gasteiger charge is 2.29. The second-order valence-corrected chi connectivity index (χ2v) is 6.88. The van der Waals surface area contributed by atoms with Crippen molar-refractivity contribution in [1.29, 1.82) is 0 Å². The van der Waals surface area contributed by atoms with Gasteiger partial charge in [0.1, 0.15) is 0 Å². The first-order valence-corrected chi connectivity index (χ1v) is 8.66. The molecule has 1 unspecified atom stereocenters. The molecule has 5 heteroatoms. The van der Waals surface area contributed by atoms with Crippen molar-refractivity contribution in [2.24, 2.45) is 0 Å². The van der Waals surface area contributed by atoms with Crippen LogP contribution < -0.4 is 0 Å². The maximum atomic E-state index is 4.62. The van der Waals surface area contributed by atoms with Gasteiger partial charge in [0.15, 0.2) is 0 Å². The van der Waals surface area contributed by atoms with Crippen molar-refractivity contribution in [1.82, 2.24) is 19.6 Å². The van der Waals surface area contributed by atoms with Crippen LogP contribution in [0.1, 0.15) is 37.6 Å². The molecule has 0 N–H and O–H groups in total. The van der Waals surface area contributed by atoms with Crippen LogP contribution in [0.15, 0.2) is 4.47 Å². The monoisotopic (exact) mass is 340 g/mol. The summed E-state index contributed by atoms with van der Waals surface area (Å²) in [5.41, 5.74) is 2.45. The molecule has 1 aromatic rings. The van der Waals surface area contributed by atoms with E-state index in [0.29, 0.717) is 0 Å². The molecule has 112 valence electrons.